The summed E-state index contributed by atoms with van der Waals surface area (Å²) in [7, 11) is 0.799. The molecule has 1 saturated heterocycles. The summed E-state index contributed by atoms with van der Waals surface area (Å²) in [5, 5.41) is 2.98. The van der Waals surface area contributed by atoms with Crippen LogP contribution in [0.1, 0.15) is 77.2 Å². The van der Waals surface area contributed by atoms with Gasteiger partial charge in [-0.2, -0.15) is 0 Å². The minimum Gasteiger partial charge on any atom is -0.496 e. The predicted octanol–water partition coefficient (Wildman–Crippen LogP) is 4.09. The van der Waals surface area contributed by atoms with E-state index in [2.05, 4.69) is 26.1 Å². The van der Waals surface area contributed by atoms with Gasteiger partial charge in [0.15, 0.2) is 5.78 Å². The first-order chi connectivity index (χ1) is 17.7. The SMILES string of the molecule is COc1c(CC(NC(=O)/C=C/C(C)=O)B2OC3CC4CC(C4(C)C)C3(C)O2)cccc1C(=O)OC(C)(C)C. The number of benzene rings is 1. The van der Waals surface area contributed by atoms with Gasteiger partial charge in [0.1, 0.15) is 16.9 Å². The van der Waals surface area contributed by atoms with Crippen LogP contribution in [0.4, 0.5) is 0 Å². The molecule has 9 heteroatoms. The number of para-hydroxylation sites is 1. The minimum absolute atomic E-state index is 0.0635. The van der Waals surface area contributed by atoms with Crippen molar-refractivity contribution in [3.05, 3.63) is 41.5 Å². The lowest BCUT2D eigenvalue weighted by Crippen LogP contribution is -2.65. The highest BCUT2D eigenvalue weighted by Gasteiger charge is 2.68. The molecular weight excluding hydrogens is 485 g/mol. The Kier molecular flexibility index (Phi) is 7.58. The summed E-state index contributed by atoms with van der Waals surface area (Å²) < 4.78 is 24.4. The standard InChI is InChI=1S/C29H40BNO7/c1-17(32)12-13-24(33)31-23(30-37-22-16-19-15-21(28(19,5)6)29(22,7)38-30)14-18-10-9-11-20(25(18)35-8)26(34)36-27(2,3)4/h9-13,19,21-23H,14-16H2,1-8H3,(H,31,33)/b13-12+. The van der Waals surface area contributed by atoms with Crippen LogP contribution in [0.15, 0.2) is 30.4 Å². The van der Waals surface area contributed by atoms with E-state index in [9.17, 15) is 14.4 Å². The predicted molar refractivity (Wildman–Crippen MR) is 144 cm³/mol. The van der Waals surface area contributed by atoms with Crippen molar-refractivity contribution in [2.45, 2.75) is 91.0 Å². The van der Waals surface area contributed by atoms with E-state index in [-0.39, 0.29) is 23.7 Å². The molecule has 3 aliphatic carbocycles. The van der Waals surface area contributed by atoms with Crippen molar-refractivity contribution in [1.82, 2.24) is 5.32 Å². The first-order valence-electron chi connectivity index (χ1n) is 13.4. The zero-order valence-electron chi connectivity index (χ0n) is 23.8. The van der Waals surface area contributed by atoms with Crippen molar-refractivity contribution in [3.8, 4) is 5.75 Å². The van der Waals surface area contributed by atoms with Crippen LogP contribution in [-0.4, -0.2) is 55.1 Å². The fraction of sp³-hybridized carbons (Fsp3) is 0.621. The van der Waals surface area contributed by atoms with Crippen LogP contribution < -0.4 is 10.1 Å². The maximum absolute atomic E-state index is 12.9. The normalized spacial score (nSPS) is 28.3. The zero-order valence-corrected chi connectivity index (χ0v) is 23.8. The van der Waals surface area contributed by atoms with Gasteiger partial charge in [-0.15, -0.1) is 0 Å². The lowest BCUT2D eigenvalue weighted by Gasteiger charge is -2.64. The van der Waals surface area contributed by atoms with Gasteiger partial charge >= 0.3 is 13.1 Å². The van der Waals surface area contributed by atoms with Gasteiger partial charge in [-0.3, -0.25) is 9.59 Å². The maximum Gasteiger partial charge on any atom is 0.482 e. The Morgan fingerprint density at radius 1 is 1.18 bits per heavy atom. The number of esters is 1. The largest absolute Gasteiger partial charge is 0.496 e. The highest BCUT2D eigenvalue weighted by Crippen LogP contribution is 2.65. The van der Waals surface area contributed by atoms with Crippen molar-refractivity contribution >= 4 is 24.8 Å². The molecule has 0 radical (unpaired) electrons. The van der Waals surface area contributed by atoms with Gasteiger partial charge in [0.2, 0.25) is 5.91 Å². The Hall–Kier alpha value is -2.65. The number of hydrogen-bond donors (Lipinski definition) is 1. The summed E-state index contributed by atoms with van der Waals surface area (Å²) in [4.78, 5) is 37.1. The topological polar surface area (TPSA) is 100 Å². The number of ether oxygens (including phenoxy) is 2. The number of ketones is 1. The van der Waals surface area contributed by atoms with Crippen molar-refractivity contribution in [2.75, 3.05) is 7.11 Å². The molecule has 8 nitrogen and oxygen atoms in total. The molecule has 38 heavy (non-hydrogen) atoms. The first-order valence-corrected chi connectivity index (χ1v) is 13.4. The van der Waals surface area contributed by atoms with E-state index in [1.54, 1.807) is 12.1 Å². The number of methoxy groups -OCH3 is 1. The highest BCUT2D eigenvalue weighted by atomic mass is 16.7. The van der Waals surface area contributed by atoms with Gasteiger partial charge in [0.05, 0.1) is 24.8 Å². The van der Waals surface area contributed by atoms with Gasteiger partial charge in [-0.05, 0) is 88.8 Å². The summed E-state index contributed by atoms with van der Waals surface area (Å²) in [5.74, 6) is -0.403. The van der Waals surface area contributed by atoms with Crippen LogP contribution in [0.25, 0.3) is 0 Å². The summed E-state index contributed by atoms with van der Waals surface area (Å²) in [6.45, 7) is 13.5. The van der Waals surface area contributed by atoms with Crippen LogP contribution in [0.5, 0.6) is 5.75 Å². The molecule has 1 heterocycles. The van der Waals surface area contributed by atoms with E-state index >= 15 is 0 Å². The van der Waals surface area contributed by atoms with Crippen molar-refractivity contribution in [3.63, 3.8) is 0 Å². The molecule has 5 unspecified atom stereocenters. The summed E-state index contributed by atoms with van der Waals surface area (Å²) in [6.07, 6.45) is 4.69. The minimum atomic E-state index is -0.704. The van der Waals surface area contributed by atoms with E-state index in [1.807, 2.05) is 26.8 Å². The Morgan fingerprint density at radius 3 is 2.50 bits per heavy atom. The summed E-state index contributed by atoms with van der Waals surface area (Å²) >= 11 is 0. The molecule has 1 aromatic rings. The van der Waals surface area contributed by atoms with Crippen LogP contribution in [0, 0.1) is 17.3 Å². The Balaban J connectivity index is 1.63. The molecule has 206 valence electrons. The second-order valence-electron chi connectivity index (χ2n) is 12.6. The quantitative estimate of drug-likeness (QED) is 0.310. The van der Waals surface area contributed by atoms with Gasteiger partial charge in [0.25, 0.3) is 0 Å². The highest BCUT2D eigenvalue weighted by molar-refractivity contribution is 6.48. The molecule has 4 fully saturated rings. The van der Waals surface area contributed by atoms with E-state index < -0.39 is 36.1 Å². The molecule has 5 atom stereocenters. The fourth-order valence-electron chi connectivity index (χ4n) is 6.43. The molecule has 5 rings (SSSR count). The summed E-state index contributed by atoms with van der Waals surface area (Å²) in [5.41, 5.74) is 0.0659. The van der Waals surface area contributed by atoms with Gasteiger partial charge in [-0.1, -0.05) is 26.0 Å². The molecule has 1 aliphatic heterocycles. The molecule has 0 spiro atoms. The third-order valence-corrected chi connectivity index (χ3v) is 8.45. The third-order valence-electron chi connectivity index (χ3n) is 8.45. The molecule has 1 amide bonds. The summed E-state index contributed by atoms with van der Waals surface area (Å²) in [6, 6.07) is 5.27. The second kappa shape index (κ2) is 10.2. The van der Waals surface area contributed by atoms with E-state index in [1.165, 1.54) is 26.2 Å². The Labute approximate surface area is 225 Å². The lowest BCUT2D eigenvalue weighted by atomic mass is 9.43. The van der Waals surface area contributed by atoms with Gasteiger partial charge in [-0.25, -0.2) is 4.79 Å². The number of carbonyl (C=O) groups is 3. The number of nitrogens with one attached hydrogen (secondary N) is 1. The van der Waals surface area contributed by atoms with Crippen molar-refractivity contribution in [1.29, 1.82) is 0 Å². The number of allylic oxidation sites excluding steroid dienone is 1. The second-order valence-corrected chi connectivity index (χ2v) is 12.6. The first kappa shape index (κ1) is 28.4. The molecule has 2 bridgehead atoms. The van der Waals surface area contributed by atoms with Gasteiger partial charge < -0.3 is 24.1 Å². The molecule has 3 saturated carbocycles. The lowest BCUT2D eigenvalue weighted by molar-refractivity contribution is -0.199. The Morgan fingerprint density at radius 2 is 1.89 bits per heavy atom. The Bertz CT molecular complexity index is 1140. The average molecular weight is 525 g/mol. The third kappa shape index (κ3) is 5.41. The zero-order chi connectivity index (χ0) is 28.0. The van der Waals surface area contributed by atoms with E-state index in [0.29, 0.717) is 28.7 Å². The smallest absolute Gasteiger partial charge is 0.482 e. The van der Waals surface area contributed by atoms with Crippen LogP contribution in [-0.2, 0) is 30.1 Å². The molecule has 0 aromatic heterocycles. The van der Waals surface area contributed by atoms with Crippen LogP contribution in [0.3, 0.4) is 0 Å². The van der Waals surface area contributed by atoms with Crippen molar-refractivity contribution in [2.24, 2.45) is 17.3 Å². The van der Waals surface area contributed by atoms with E-state index in [4.69, 9.17) is 18.8 Å². The monoisotopic (exact) mass is 525 g/mol. The average Bonchev–Trinajstić information content (AvgIpc) is 3.18. The van der Waals surface area contributed by atoms with Gasteiger partial charge in [0, 0.05) is 6.08 Å². The maximum atomic E-state index is 12.9. The number of hydrogen-bond acceptors (Lipinski definition) is 7. The molecule has 1 N–H and O–H groups in total. The molecule has 1 aromatic carbocycles. The fourth-order valence-corrected chi connectivity index (χ4v) is 6.43. The number of rotatable bonds is 8. The van der Waals surface area contributed by atoms with Crippen LogP contribution >= 0.6 is 0 Å². The van der Waals surface area contributed by atoms with Crippen molar-refractivity contribution < 1.29 is 33.2 Å². The molecular formula is C29H40BNO7. The molecule has 4 aliphatic rings. The van der Waals surface area contributed by atoms with Crippen LogP contribution in [0.2, 0.25) is 0 Å². The van der Waals surface area contributed by atoms with E-state index in [0.717, 1.165) is 12.8 Å². The number of carbonyl (C=O) groups excluding carboxylic acids is 3. The number of amides is 1.